The van der Waals surface area contributed by atoms with Gasteiger partial charge in [0, 0.05) is 12.1 Å². The molecule has 114 valence electrons. The first-order chi connectivity index (χ1) is 10.8. The van der Waals surface area contributed by atoms with Crippen LogP contribution in [-0.2, 0) is 11.2 Å². The summed E-state index contributed by atoms with van der Waals surface area (Å²) in [6, 6.07) is 18.0. The minimum atomic E-state index is -0.0335. The summed E-state index contributed by atoms with van der Waals surface area (Å²) < 4.78 is 5.82. The van der Waals surface area contributed by atoms with Crippen LogP contribution in [0.3, 0.4) is 0 Å². The molecular weight excluding hydrogens is 274 g/mol. The highest BCUT2D eigenvalue weighted by Gasteiger charge is 2.25. The summed E-state index contributed by atoms with van der Waals surface area (Å²) in [7, 11) is 0. The lowest BCUT2D eigenvalue weighted by Crippen LogP contribution is -2.42. The number of benzene rings is 2. The van der Waals surface area contributed by atoms with Crippen molar-refractivity contribution in [1.82, 2.24) is 4.90 Å². The van der Waals surface area contributed by atoms with Gasteiger partial charge < -0.3 is 9.64 Å². The summed E-state index contributed by atoms with van der Waals surface area (Å²) in [5.41, 5.74) is 3.13. The van der Waals surface area contributed by atoms with E-state index in [1.165, 1.54) is 5.56 Å². The van der Waals surface area contributed by atoms with E-state index in [-0.39, 0.29) is 12.0 Å². The van der Waals surface area contributed by atoms with E-state index in [0.29, 0.717) is 19.7 Å². The van der Waals surface area contributed by atoms with E-state index in [1.807, 2.05) is 47.4 Å². The largest absolute Gasteiger partial charge is 0.370 e. The third-order valence-corrected chi connectivity index (χ3v) is 4.13. The van der Waals surface area contributed by atoms with E-state index in [0.717, 1.165) is 17.5 Å². The Morgan fingerprint density at radius 2 is 1.86 bits per heavy atom. The van der Waals surface area contributed by atoms with Crippen LogP contribution in [-0.4, -0.2) is 30.5 Å². The quantitative estimate of drug-likeness (QED) is 0.868. The smallest absolute Gasteiger partial charge is 0.254 e. The van der Waals surface area contributed by atoms with Gasteiger partial charge in [-0.3, -0.25) is 4.79 Å². The second-order valence-corrected chi connectivity index (χ2v) is 5.57. The van der Waals surface area contributed by atoms with Crippen molar-refractivity contribution >= 4 is 5.91 Å². The maximum Gasteiger partial charge on any atom is 0.254 e. The van der Waals surface area contributed by atoms with Crippen LogP contribution < -0.4 is 0 Å². The first kappa shape index (κ1) is 14.8. The van der Waals surface area contributed by atoms with Crippen LogP contribution >= 0.6 is 0 Å². The standard InChI is InChI=1S/C19H21NO2/c1-2-15-8-10-17(11-9-15)19(21)20-12-13-22-18(14-20)16-6-4-3-5-7-16/h3-11,18H,2,12-14H2,1H3. The number of amides is 1. The maximum atomic E-state index is 12.6. The molecule has 0 aliphatic carbocycles. The summed E-state index contributed by atoms with van der Waals surface area (Å²) in [4.78, 5) is 14.5. The third kappa shape index (κ3) is 3.20. The van der Waals surface area contributed by atoms with E-state index in [9.17, 15) is 4.79 Å². The van der Waals surface area contributed by atoms with Crippen LogP contribution in [0.2, 0.25) is 0 Å². The molecule has 2 aromatic rings. The van der Waals surface area contributed by atoms with Crippen LogP contribution in [0, 0.1) is 0 Å². The SMILES string of the molecule is CCc1ccc(C(=O)N2CCOC(c3ccccc3)C2)cc1. The van der Waals surface area contributed by atoms with E-state index >= 15 is 0 Å². The number of hydrogen-bond donors (Lipinski definition) is 0. The first-order valence-corrected chi connectivity index (χ1v) is 7.82. The highest BCUT2D eigenvalue weighted by Crippen LogP contribution is 2.23. The van der Waals surface area contributed by atoms with Crippen molar-refractivity contribution in [3.05, 3.63) is 71.3 Å². The van der Waals surface area contributed by atoms with Gasteiger partial charge in [0.15, 0.2) is 0 Å². The Balaban J connectivity index is 1.72. The van der Waals surface area contributed by atoms with Gasteiger partial charge in [-0.2, -0.15) is 0 Å². The normalized spacial score (nSPS) is 18.2. The predicted molar refractivity (Wildman–Crippen MR) is 86.9 cm³/mol. The molecule has 1 aliphatic rings. The second kappa shape index (κ2) is 6.75. The summed E-state index contributed by atoms with van der Waals surface area (Å²) in [5.74, 6) is 0.0897. The lowest BCUT2D eigenvalue weighted by atomic mass is 10.1. The Labute approximate surface area is 131 Å². The molecule has 1 aliphatic heterocycles. The van der Waals surface area contributed by atoms with Crippen LogP contribution in [0.4, 0.5) is 0 Å². The van der Waals surface area contributed by atoms with Crippen LogP contribution in [0.1, 0.15) is 34.5 Å². The Bertz CT molecular complexity index is 622. The van der Waals surface area contributed by atoms with Gasteiger partial charge in [0.25, 0.3) is 5.91 Å². The molecule has 2 aromatic carbocycles. The number of carbonyl (C=O) groups excluding carboxylic acids is 1. The number of aryl methyl sites for hydroxylation is 1. The van der Waals surface area contributed by atoms with Gasteiger partial charge in [0.1, 0.15) is 6.10 Å². The molecule has 1 unspecified atom stereocenters. The fraction of sp³-hybridized carbons (Fsp3) is 0.316. The summed E-state index contributed by atoms with van der Waals surface area (Å²) in [5, 5.41) is 0. The molecule has 0 radical (unpaired) electrons. The fourth-order valence-electron chi connectivity index (χ4n) is 2.77. The van der Waals surface area contributed by atoms with E-state index < -0.39 is 0 Å². The van der Waals surface area contributed by atoms with Gasteiger partial charge in [0.2, 0.25) is 0 Å². The van der Waals surface area contributed by atoms with Crippen molar-refractivity contribution in [2.75, 3.05) is 19.7 Å². The molecule has 1 fully saturated rings. The molecule has 3 nitrogen and oxygen atoms in total. The van der Waals surface area contributed by atoms with Gasteiger partial charge in [-0.05, 0) is 29.7 Å². The Hall–Kier alpha value is -2.13. The Morgan fingerprint density at radius 3 is 2.55 bits per heavy atom. The molecule has 0 spiro atoms. The van der Waals surface area contributed by atoms with Gasteiger partial charge >= 0.3 is 0 Å². The van der Waals surface area contributed by atoms with Crippen LogP contribution in [0.15, 0.2) is 54.6 Å². The molecule has 3 rings (SSSR count). The Kier molecular flexibility index (Phi) is 4.54. The van der Waals surface area contributed by atoms with Gasteiger partial charge in [-0.25, -0.2) is 0 Å². The van der Waals surface area contributed by atoms with Crippen LogP contribution in [0.5, 0.6) is 0 Å². The molecule has 3 heteroatoms. The van der Waals surface area contributed by atoms with E-state index in [4.69, 9.17) is 4.74 Å². The van der Waals surface area contributed by atoms with Crippen molar-refractivity contribution in [2.24, 2.45) is 0 Å². The first-order valence-electron chi connectivity index (χ1n) is 7.82. The molecule has 1 amide bonds. The molecule has 22 heavy (non-hydrogen) atoms. The second-order valence-electron chi connectivity index (χ2n) is 5.57. The molecule has 0 saturated carbocycles. The zero-order valence-corrected chi connectivity index (χ0v) is 12.9. The highest BCUT2D eigenvalue weighted by molar-refractivity contribution is 5.94. The van der Waals surface area contributed by atoms with E-state index in [2.05, 4.69) is 19.1 Å². The Morgan fingerprint density at radius 1 is 1.14 bits per heavy atom. The van der Waals surface area contributed by atoms with Crippen LogP contribution in [0.25, 0.3) is 0 Å². The number of hydrogen-bond acceptors (Lipinski definition) is 2. The molecule has 1 saturated heterocycles. The van der Waals surface area contributed by atoms with Crippen molar-refractivity contribution in [2.45, 2.75) is 19.4 Å². The number of nitrogens with zero attached hydrogens (tertiary/aromatic N) is 1. The number of ether oxygens (including phenoxy) is 1. The average Bonchev–Trinajstić information content (AvgIpc) is 2.62. The molecule has 1 heterocycles. The lowest BCUT2D eigenvalue weighted by Gasteiger charge is -2.33. The van der Waals surface area contributed by atoms with Crippen molar-refractivity contribution in [3.8, 4) is 0 Å². The zero-order valence-electron chi connectivity index (χ0n) is 12.9. The molecular formula is C19H21NO2. The highest BCUT2D eigenvalue weighted by atomic mass is 16.5. The van der Waals surface area contributed by atoms with Crippen molar-refractivity contribution in [3.63, 3.8) is 0 Å². The number of morpholine rings is 1. The maximum absolute atomic E-state index is 12.6. The molecule has 0 bridgehead atoms. The monoisotopic (exact) mass is 295 g/mol. The molecule has 1 atom stereocenters. The van der Waals surface area contributed by atoms with Gasteiger partial charge in [-0.15, -0.1) is 0 Å². The number of rotatable bonds is 3. The number of carbonyl (C=O) groups is 1. The fourth-order valence-corrected chi connectivity index (χ4v) is 2.77. The minimum absolute atomic E-state index is 0.0335. The van der Waals surface area contributed by atoms with Crippen molar-refractivity contribution < 1.29 is 9.53 Å². The van der Waals surface area contributed by atoms with E-state index in [1.54, 1.807) is 0 Å². The predicted octanol–water partition coefficient (Wildman–Crippen LogP) is 3.46. The average molecular weight is 295 g/mol. The topological polar surface area (TPSA) is 29.5 Å². The molecule has 0 aromatic heterocycles. The summed E-state index contributed by atoms with van der Waals surface area (Å²) in [6.45, 7) is 3.96. The minimum Gasteiger partial charge on any atom is -0.370 e. The lowest BCUT2D eigenvalue weighted by molar-refractivity contribution is -0.0228. The van der Waals surface area contributed by atoms with Crippen molar-refractivity contribution in [1.29, 1.82) is 0 Å². The third-order valence-electron chi connectivity index (χ3n) is 4.13. The zero-order chi connectivity index (χ0) is 15.4. The molecule has 0 N–H and O–H groups in total. The van der Waals surface area contributed by atoms with Gasteiger partial charge in [-0.1, -0.05) is 49.4 Å². The summed E-state index contributed by atoms with van der Waals surface area (Å²) in [6.07, 6.45) is 0.955. The van der Waals surface area contributed by atoms with Gasteiger partial charge in [0.05, 0.1) is 13.2 Å². The summed E-state index contributed by atoms with van der Waals surface area (Å²) >= 11 is 0.